The van der Waals surface area contributed by atoms with Crippen LogP contribution in [0.4, 0.5) is 0 Å². The van der Waals surface area contributed by atoms with Gasteiger partial charge >= 0.3 is 17.9 Å². The molecule has 0 aliphatic heterocycles. The predicted molar refractivity (Wildman–Crippen MR) is 316 cm³/mol. The Morgan fingerprint density at radius 1 is 0.288 bits per heavy atom. The summed E-state index contributed by atoms with van der Waals surface area (Å²) in [5.41, 5.74) is 0. The van der Waals surface area contributed by atoms with Gasteiger partial charge in [-0.1, -0.05) is 313 Å². The van der Waals surface area contributed by atoms with E-state index in [4.69, 9.17) is 14.2 Å². The van der Waals surface area contributed by atoms with Crippen LogP contribution in [0.3, 0.4) is 0 Å². The summed E-state index contributed by atoms with van der Waals surface area (Å²) >= 11 is 0. The van der Waals surface area contributed by atoms with Gasteiger partial charge in [0.05, 0.1) is 0 Å². The first-order chi connectivity index (χ1) is 36.0. The van der Waals surface area contributed by atoms with Gasteiger partial charge in [0, 0.05) is 19.3 Å². The molecule has 73 heavy (non-hydrogen) atoms. The minimum Gasteiger partial charge on any atom is -0.462 e. The van der Waals surface area contributed by atoms with Crippen LogP contribution in [0.1, 0.15) is 342 Å². The maximum atomic E-state index is 12.9. The summed E-state index contributed by atoms with van der Waals surface area (Å²) in [7, 11) is 0. The van der Waals surface area contributed by atoms with Gasteiger partial charge in [-0.3, -0.25) is 14.4 Å². The summed E-state index contributed by atoms with van der Waals surface area (Å²) in [4.78, 5) is 38.3. The highest BCUT2D eigenvalue weighted by Gasteiger charge is 2.19. The number of carbonyl (C=O) groups excluding carboxylic acids is 3. The van der Waals surface area contributed by atoms with Gasteiger partial charge in [0.25, 0.3) is 0 Å². The van der Waals surface area contributed by atoms with Crippen LogP contribution in [0.5, 0.6) is 0 Å². The van der Waals surface area contributed by atoms with E-state index in [9.17, 15) is 14.4 Å². The minimum atomic E-state index is -0.773. The number of hydrogen-bond donors (Lipinski definition) is 0. The molecule has 0 rings (SSSR count). The molecule has 0 spiro atoms. The highest BCUT2D eigenvalue weighted by atomic mass is 16.6. The van der Waals surface area contributed by atoms with Crippen LogP contribution >= 0.6 is 0 Å². The third kappa shape index (κ3) is 60.1. The SMILES string of the molecule is CC/C=C\C/C=C\C/C=C\C/C=C\CCCCCCCCCCC(=O)OCC(COC(=O)CCCCCCCCCCCCCCC)OC(=O)CCCCCCCCCCCCCCCCCCCCCCC. The Morgan fingerprint density at radius 2 is 0.534 bits per heavy atom. The standard InChI is InChI=1S/C67H122O6/c1-4-7-10-13-16-19-22-25-27-29-31-33-35-37-39-42-45-48-51-54-57-60-66(69)72-63-64(62-71-65(68)59-56-53-50-47-44-41-24-21-18-15-12-9-6-3)73-67(70)61-58-55-52-49-46-43-40-38-36-34-32-30-28-26-23-20-17-14-11-8-5-2/h7,10,16,19,25,27,31,33,64H,4-6,8-9,11-15,17-18,20-24,26,28-30,32,34-63H2,1-3H3/b10-7-,19-16-,27-25-,33-31-. The Bertz CT molecular complexity index is 1270. The minimum absolute atomic E-state index is 0.0704. The molecule has 0 amide bonds. The van der Waals surface area contributed by atoms with Crippen molar-refractivity contribution in [2.75, 3.05) is 13.2 Å². The van der Waals surface area contributed by atoms with Gasteiger partial charge in [-0.2, -0.15) is 0 Å². The first kappa shape index (κ1) is 70.4. The van der Waals surface area contributed by atoms with E-state index in [1.54, 1.807) is 0 Å². The van der Waals surface area contributed by atoms with Gasteiger partial charge < -0.3 is 14.2 Å². The zero-order valence-electron chi connectivity index (χ0n) is 48.9. The summed E-state index contributed by atoms with van der Waals surface area (Å²) in [6.45, 7) is 6.58. The molecule has 426 valence electrons. The Hall–Kier alpha value is -2.63. The fourth-order valence-electron chi connectivity index (χ4n) is 9.56. The Morgan fingerprint density at radius 3 is 0.836 bits per heavy atom. The van der Waals surface area contributed by atoms with Gasteiger partial charge in [-0.05, 0) is 57.8 Å². The highest BCUT2D eigenvalue weighted by molar-refractivity contribution is 5.71. The number of ether oxygens (including phenoxy) is 3. The van der Waals surface area contributed by atoms with Crippen molar-refractivity contribution in [3.05, 3.63) is 48.6 Å². The average molecular weight is 1020 g/mol. The van der Waals surface area contributed by atoms with Crippen molar-refractivity contribution in [3.8, 4) is 0 Å². The Kier molecular flexibility index (Phi) is 59.7. The lowest BCUT2D eigenvalue weighted by molar-refractivity contribution is -0.167. The molecule has 0 radical (unpaired) electrons. The monoisotopic (exact) mass is 1020 g/mol. The van der Waals surface area contributed by atoms with E-state index in [0.717, 1.165) is 89.9 Å². The maximum absolute atomic E-state index is 12.9. The van der Waals surface area contributed by atoms with E-state index in [0.29, 0.717) is 19.3 Å². The molecule has 0 aliphatic carbocycles. The molecule has 0 saturated heterocycles. The molecule has 0 fully saturated rings. The molecule has 0 aromatic carbocycles. The van der Waals surface area contributed by atoms with E-state index >= 15 is 0 Å². The van der Waals surface area contributed by atoms with Crippen molar-refractivity contribution in [1.29, 1.82) is 0 Å². The molecule has 0 heterocycles. The number of hydrogen-bond acceptors (Lipinski definition) is 6. The number of allylic oxidation sites excluding steroid dienone is 8. The van der Waals surface area contributed by atoms with Crippen molar-refractivity contribution >= 4 is 17.9 Å². The summed E-state index contributed by atoms with van der Waals surface area (Å²) in [6.07, 6.45) is 76.9. The topological polar surface area (TPSA) is 78.9 Å². The first-order valence-corrected chi connectivity index (χ1v) is 32.1. The first-order valence-electron chi connectivity index (χ1n) is 32.1. The van der Waals surface area contributed by atoms with Gasteiger partial charge in [-0.25, -0.2) is 0 Å². The van der Waals surface area contributed by atoms with Crippen molar-refractivity contribution in [2.24, 2.45) is 0 Å². The van der Waals surface area contributed by atoms with Crippen molar-refractivity contribution in [2.45, 2.75) is 348 Å². The fourth-order valence-corrected chi connectivity index (χ4v) is 9.56. The molecule has 0 aromatic heterocycles. The van der Waals surface area contributed by atoms with Gasteiger partial charge in [0.15, 0.2) is 6.10 Å². The van der Waals surface area contributed by atoms with Crippen molar-refractivity contribution in [1.82, 2.24) is 0 Å². The Balaban J connectivity index is 4.30. The third-order valence-electron chi connectivity index (χ3n) is 14.3. The number of rotatable bonds is 59. The van der Waals surface area contributed by atoms with Crippen LogP contribution in [0.25, 0.3) is 0 Å². The second kappa shape index (κ2) is 61.9. The predicted octanol–water partition coefficient (Wildman–Crippen LogP) is 21.8. The van der Waals surface area contributed by atoms with E-state index in [1.165, 1.54) is 212 Å². The van der Waals surface area contributed by atoms with E-state index < -0.39 is 6.10 Å². The second-order valence-corrected chi connectivity index (χ2v) is 21.7. The number of esters is 3. The summed E-state index contributed by atoms with van der Waals surface area (Å²) in [5.74, 6) is -0.855. The molecule has 1 unspecified atom stereocenters. The summed E-state index contributed by atoms with van der Waals surface area (Å²) in [6, 6.07) is 0. The van der Waals surface area contributed by atoms with Crippen LogP contribution in [-0.2, 0) is 28.6 Å². The van der Waals surface area contributed by atoms with Crippen LogP contribution in [0.15, 0.2) is 48.6 Å². The van der Waals surface area contributed by atoms with Gasteiger partial charge in [0.2, 0.25) is 0 Å². The van der Waals surface area contributed by atoms with Crippen LogP contribution < -0.4 is 0 Å². The van der Waals surface area contributed by atoms with Gasteiger partial charge in [-0.15, -0.1) is 0 Å². The normalized spacial score (nSPS) is 12.3. The number of carbonyl (C=O) groups is 3. The van der Waals surface area contributed by atoms with Crippen LogP contribution in [0, 0.1) is 0 Å². The average Bonchev–Trinajstić information content (AvgIpc) is 3.39. The Labute approximate surface area is 454 Å². The second-order valence-electron chi connectivity index (χ2n) is 21.7. The summed E-state index contributed by atoms with van der Waals surface area (Å²) < 4.78 is 16.9. The lowest BCUT2D eigenvalue weighted by Crippen LogP contribution is -2.30. The lowest BCUT2D eigenvalue weighted by atomic mass is 10.0. The molecule has 1 atom stereocenters. The third-order valence-corrected chi connectivity index (χ3v) is 14.3. The molecule has 0 bridgehead atoms. The van der Waals surface area contributed by atoms with E-state index in [1.807, 2.05) is 0 Å². The number of unbranched alkanes of at least 4 members (excludes halogenated alkanes) is 40. The van der Waals surface area contributed by atoms with Crippen LogP contribution in [0.2, 0.25) is 0 Å². The molecule has 0 aliphatic rings. The maximum Gasteiger partial charge on any atom is 0.306 e. The van der Waals surface area contributed by atoms with E-state index in [-0.39, 0.29) is 31.1 Å². The molecule has 0 aromatic rings. The zero-order chi connectivity index (χ0) is 52.9. The molecular formula is C67H122O6. The van der Waals surface area contributed by atoms with Crippen molar-refractivity contribution in [3.63, 3.8) is 0 Å². The highest BCUT2D eigenvalue weighted by Crippen LogP contribution is 2.18. The molecule has 6 heteroatoms. The largest absolute Gasteiger partial charge is 0.462 e. The van der Waals surface area contributed by atoms with Crippen LogP contribution in [-0.4, -0.2) is 37.2 Å². The fraction of sp³-hybridized carbons (Fsp3) is 0.836. The molecule has 6 nitrogen and oxygen atoms in total. The van der Waals surface area contributed by atoms with E-state index in [2.05, 4.69) is 69.4 Å². The molecule has 0 N–H and O–H groups in total. The lowest BCUT2D eigenvalue weighted by Gasteiger charge is -2.18. The van der Waals surface area contributed by atoms with Gasteiger partial charge in [0.1, 0.15) is 13.2 Å². The van der Waals surface area contributed by atoms with Crippen molar-refractivity contribution < 1.29 is 28.6 Å². The molecule has 0 saturated carbocycles. The zero-order valence-corrected chi connectivity index (χ0v) is 48.9. The quantitative estimate of drug-likeness (QED) is 0.0261. The smallest absolute Gasteiger partial charge is 0.306 e. The summed E-state index contributed by atoms with van der Waals surface area (Å²) in [5, 5.41) is 0. The molecular weight excluding hydrogens is 901 g/mol.